The first-order valence-corrected chi connectivity index (χ1v) is 9.92. The van der Waals surface area contributed by atoms with Crippen LogP contribution in [0.5, 0.6) is 5.75 Å². The molecule has 0 fully saturated rings. The van der Waals surface area contributed by atoms with Crippen molar-refractivity contribution in [2.45, 2.75) is 25.2 Å². The third-order valence-electron chi connectivity index (χ3n) is 4.01. The molecule has 0 aliphatic rings. The van der Waals surface area contributed by atoms with Crippen molar-refractivity contribution >= 4 is 29.3 Å². The van der Waals surface area contributed by atoms with E-state index in [0.29, 0.717) is 23.7 Å². The monoisotopic (exact) mass is 386 g/mol. The van der Waals surface area contributed by atoms with E-state index in [1.807, 2.05) is 50.2 Å². The molecule has 144 valence electrons. The number of hydrogen-bond acceptors (Lipinski definition) is 4. The molecule has 27 heavy (non-hydrogen) atoms. The summed E-state index contributed by atoms with van der Waals surface area (Å²) >= 11 is 1.50. The molecule has 2 aromatic carbocycles. The topological polar surface area (TPSA) is 58.6 Å². The van der Waals surface area contributed by atoms with Crippen LogP contribution in [0.4, 0.5) is 5.69 Å². The number of aryl methyl sites for hydroxylation is 1. The van der Waals surface area contributed by atoms with Crippen LogP contribution < -0.4 is 10.1 Å². The number of anilines is 1. The zero-order valence-corrected chi connectivity index (χ0v) is 16.8. The Morgan fingerprint density at radius 2 is 1.81 bits per heavy atom. The number of nitrogens with zero attached hydrogens (tertiary/aromatic N) is 1. The molecule has 0 atom stereocenters. The lowest BCUT2D eigenvalue weighted by Crippen LogP contribution is -2.39. The number of thioether (sulfide) groups is 1. The maximum absolute atomic E-state index is 12.6. The van der Waals surface area contributed by atoms with E-state index >= 15 is 0 Å². The predicted molar refractivity (Wildman–Crippen MR) is 110 cm³/mol. The summed E-state index contributed by atoms with van der Waals surface area (Å²) in [6, 6.07) is 15.2. The molecule has 2 rings (SSSR count). The zero-order chi connectivity index (χ0) is 19.6. The SMILES string of the molecule is CCCN(CC(=O)Nc1ccccc1OC)C(=O)CSc1ccccc1C. The van der Waals surface area contributed by atoms with Gasteiger partial charge in [0.15, 0.2) is 0 Å². The average molecular weight is 387 g/mol. The van der Waals surface area contributed by atoms with Gasteiger partial charge in [-0.25, -0.2) is 0 Å². The van der Waals surface area contributed by atoms with Gasteiger partial charge in [-0.3, -0.25) is 9.59 Å². The molecule has 5 nitrogen and oxygen atoms in total. The highest BCUT2D eigenvalue weighted by atomic mass is 32.2. The van der Waals surface area contributed by atoms with E-state index in [4.69, 9.17) is 4.74 Å². The number of para-hydroxylation sites is 2. The Morgan fingerprint density at radius 1 is 1.11 bits per heavy atom. The van der Waals surface area contributed by atoms with Gasteiger partial charge in [0.05, 0.1) is 25.1 Å². The number of carbonyl (C=O) groups excluding carboxylic acids is 2. The molecule has 0 aliphatic carbocycles. The van der Waals surface area contributed by atoms with Gasteiger partial charge in [-0.1, -0.05) is 37.3 Å². The van der Waals surface area contributed by atoms with Gasteiger partial charge in [-0.05, 0) is 37.1 Å². The minimum Gasteiger partial charge on any atom is -0.495 e. The van der Waals surface area contributed by atoms with Crippen molar-refractivity contribution in [1.29, 1.82) is 0 Å². The number of amides is 2. The van der Waals surface area contributed by atoms with Gasteiger partial charge >= 0.3 is 0 Å². The summed E-state index contributed by atoms with van der Waals surface area (Å²) in [5, 5.41) is 2.82. The molecule has 6 heteroatoms. The van der Waals surface area contributed by atoms with Crippen molar-refractivity contribution in [1.82, 2.24) is 4.90 Å². The number of methoxy groups -OCH3 is 1. The molecular formula is C21H26N2O3S. The fourth-order valence-electron chi connectivity index (χ4n) is 2.62. The first-order valence-electron chi connectivity index (χ1n) is 8.94. The van der Waals surface area contributed by atoms with E-state index in [1.54, 1.807) is 24.1 Å². The van der Waals surface area contributed by atoms with Crippen LogP contribution in [0.2, 0.25) is 0 Å². The van der Waals surface area contributed by atoms with Crippen LogP contribution in [-0.2, 0) is 9.59 Å². The quantitative estimate of drug-likeness (QED) is 0.663. The standard InChI is InChI=1S/C21H26N2O3S/c1-4-13-23(21(25)15-27-19-12-8-5-9-16(19)2)14-20(24)22-17-10-6-7-11-18(17)26-3/h5-12H,4,13-15H2,1-3H3,(H,22,24). The lowest BCUT2D eigenvalue weighted by atomic mass is 10.2. The maximum Gasteiger partial charge on any atom is 0.244 e. The van der Waals surface area contributed by atoms with Crippen LogP contribution in [0, 0.1) is 6.92 Å². The molecule has 0 bridgehead atoms. The third-order valence-corrected chi connectivity index (χ3v) is 5.17. The molecule has 2 aromatic rings. The predicted octanol–water partition coefficient (Wildman–Crippen LogP) is 3.97. The highest BCUT2D eigenvalue weighted by Gasteiger charge is 2.18. The van der Waals surface area contributed by atoms with Crippen LogP contribution in [0.1, 0.15) is 18.9 Å². The molecule has 0 saturated carbocycles. The molecule has 0 aromatic heterocycles. The summed E-state index contributed by atoms with van der Waals surface area (Å²) < 4.78 is 5.25. The number of hydrogen-bond donors (Lipinski definition) is 1. The van der Waals surface area contributed by atoms with Crippen molar-refractivity contribution in [2.75, 3.05) is 31.3 Å². The van der Waals surface area contributed by atoms with E-state index < -0.39 is 0 Å². The lowest BCUT2D eigenvalue weighted by Gasteiger charge is -2.22. The molecular weight excluding hydrogens is 360 g/mol. The maximum atomic E-state index is 12.6. The van der Waals surface area contributed by atoms with Gasteiger partial charge in [0, 0.05) is 11.4 Å². The third kappa shape index (κ3) is 6.32. The van der Waals surface area contributed by atoms with Gasteiger partial charge in [-0.15, -0.1) is 11.8 Å². The second-order valence-corrected chi connectivity index (χ2v) is 7.14. The molecule has 1 N–H and O–H groups in total. The number of benzene rings is 2. The van der Waals surface area contributed by atoms with Gasteiger partial charge in [0.25, 0.3) is 0 Å². The Kier molecular flexibility index (Phi) is 8.20. The fraction of sp³-hybridized carbons (Fsp3) is 0.333. The Hall–Kier alpha value is -2.47. The van der Waals surface area contributed by atoms with E-state index in [9.17, 15) is 9.59 Å². The molecule has 0 spiro atoms. The van der Waals surface area contributed by atoms with Gasteiger partial charge in [0.1, 0.15) is 5.75 Å². The van der Waals surface area contributed by atoms with Crippen molar-refractivity contribution in [2.24, 2.45) is 0 Å². The Labute approximate surface area is 165 Å². The van der Waals surface area contributed by atoms with Gasteiger partial charge in [-0.2, -0.15) is 0 Å². The minimum absolute atomic E-state index is 0.0268. The van der Waals surface area contributed by atoms with Crippen LogP contribution in [0.25, 0.3) is 0 Å². The number of nitrogens with one attached hydrogen (secondary N) is 1. The zero-order valence-electron chi connectivity index (χ0n) is 16.0. The molecule has 0 heterocycles. The van der Waals surface area contributed by atoms with Gasteiger partial charge < -0.3 is 15.0 Å². The van der Waals surface area contributed by atoms with E-state index in [0.717, 1.165) is 16.9 Å². The molecule has 0 aliphatic heterocycles. The summed E-state index contributed by atoms with van der Waals surface area (Å²) in [4.78, 5) is 27.8. The second kappa shape index (κ2) is 10.6. The van der Waals surface area contributed by atoms with Crippen molar-refractivity contribution in [3.63, 3.8) is 0 Å². The smallest absolute Gasteiger partial charge is 0.244 e. The first kappa shape index (κ1) is 20.8. The Bertz CT molecular complexity index is 780. The van der Waals surface area contributed by atoms with Crippen molar-refractivity contribution in [3.05, 3.63) is 54.1 Å². The highest BCUT2D eigenvalue weighted by molar-refractivity contribution is 8.00. The summed E-state index contributed by atoms with van der Waals surface area (Å²) in [6.07, 6.45) is 0.794. The van der Waals surface area contributed by atoms with Crippen LogP contribution in [0.3, 0.4) is 0 Å². The van der Waals surface area contributed by atoms with Crippen molar-refractivity contribution < 1.29 is 14.3 Å². The van der Waals surface area contributed by atoms with Crippen LogP contribution >= 0.6 is 11.8 Å². The van der Waals surface area contributed by atoms with E-state index in [1.165, 1.54) is 11.8 Å². The first-order chi connectivity index (χ1) is 13.0. The molecule has 0 unspecified atom stereocenters. The van der Waals surface area contributed by atoms with Crippen LogP contribution in [0.15, 0.2) is 53.4 Å². The summed E-state index contributed by atoms with van der Waals surface area (Å²) in [7, 11) is 1.56. The summed E-state index contributed by atoms with van der Waals surface area (Å²) in [6.45, 7) is 4.59. The van der Waals surface area contributed by atoms with Crippen molar-refractivity contribution in [3.8, 4) is 5.75 Å². The lowest BCUT2D eigenvalue weighted by molar-refractivity contribution is -0.132. The molecule has 0 saturated heterocycles. The number of carbonyl (C=O) groups is 2. The molecule has 0 radical (unpaired) electrons. The minimum atomic E-state index is -0.234. The normalized spacial score (nSPS) is 10.3. The van der Waals surface area contributed by atoms with E-state index in [2.05, 4.69) is 5.32 Å². The van der Waals surface area contributed by atoms with E-state index in [-0.39, 0.29) is 18.4 Å². The number of rotatable bonds is 9. The summed E-state index contributed by atoms with van der Waals surface area (Å²) in [5.41, 5.74) is 1.74. The van der Waals surface area contributed by atoms with Crippen LogP contribution in [-0.4, -0.2) is 42.7 Å². The molecule has 2 amide bonds. The number of ether oxygens (including phenoxy) is 1. The Balaban J connectivity index is 1.96. The highest BCUT2D eigenvalue weighted by Crippen LogP contribution is 2.24. The van der Waals surface area contributed by atoms with Gasteiger partial charge in [0.2, 0.25) is 11.8 Å². The second-order valence-electron chi connectivity index (χ2n) is 6.12. The fourth-order valence-corrected chi connectivity index (χ4v) is 3.55. The largest absolute Gasteiger partial charge is 0.495 e. The summed E-state index contributed by atoms with van der Waals surface area (Å²) in [5.74, 6) is 0.629. The Morgan fingerprint density at radius 3 is 2.52 bits per heavy atom. The average Bonchev–Trinajstić information content (AvgIpc) is 2.67.